The highest BCUT2D eigenvalue weighted by molar-refractivity contribution is 7.75. The number of allylic oxidation sites excluding steroid dienone is 5. The van der Waals surface area contributed by atoms with E-state index in [1.165, 1.54) is 10.6 Å². The lowest BCUT2D eigenvalue weighted by molar-refractivity contribution is 1.73. The molecule has 0 radical (unpaired) electrons. The predicted molar refractivity (Wildman–Crippen MR) is 92.2 cm³/mol. The van der Waals surface area contributed by atoms with Gasteiger partial charge in [0.05, 0.1) is 0 Å². The molecule has 2 aromatic rings. The van der Waals surface area contributed by atoms with Crippen LogP contribution < -0.4 is 10.6 Å². The highest BCUT2D eigenvalue weighted by atomic mass is 31.1. The Morgan fingerprint density at radius 3 is 1.65 bits per heavy atom. The average Bonchev–Trinajstić information content (AvgIpc) is 2.53. The van der Waals surface area contributed by atoms with E-state index in [9.17, 15) is 0 Å². The predicted octanol–water partition coefficient (Wildman–Crippen LogP) is 4.77. The quantitative estimate of drug-likeness (QED) is 0.546. The molecule has 0 aliphatic carbocycles. The zero-order chi connectivity index (χ0) is 14.0. The van der Waals surface area contributed by atoms with Crippen LogP contribution in [0.15, 0.2) is 96.9 Å². The van der Waals surface area contributed by atoms with Crippen LogP contribution in [0.3, 0.4) is 0 Å². The summed E-state index contributed by atoms with van der Waals surface area (Å²) in [6.45, 7) is 2.02. The zero-order valence-electron chi connectivity index (χ0n) is 11.7. The van der Waals surface area contributed by atoms with Crippen LogP contribution in [0.4, 0.5) is 0 Å². The van der Waals surface area contributed by atoms with Crippen LogP contribution >= 0.6 is 7.92 Å². The number of hydrogen-bond donors (Lipinski definition) is 0. The molecule has 0 N–H and O–H groups in total. The summed E-state index contributed by atoms with van der Waals surface area (Å²) in [5.41, 5.74) is 0. The van der Waals surface area contributed by atoms with Crippen molar-refractivity contribution >= 4 is 18.5 Å². The molecular weight excluding hydrogens is 259 g/mol. The van der Waals surface area contributed by atoms with Crippen LogP contribution in [0.1, 0.15) is 6.92 Å². The highest BCUT2D eigenvalue weighted by Gasteiger charge is 2.08. The Bertz CT molecular complexity index is 540. The van der Waals surface area contributed by atoms with Crippen molar-refractivity contribution in [1.29, 1.82) is 0 Å². The van der Waals surface area contributed by atoms with Crippen molar-refractivity contribution in [3.8, 4) is 0 Å². The standard InChI is InChI=1S/C19H19P/c1-2-3-4-5-12-17-20(18-13-8-6-9-14-18)19-15-10-7-11-16-19/h2-17H,1H3/b3-2-,5-4-,17-12+. The first-order valence-electron chi connectivity index (χ1n) is 6.77. The highest BCUT2D eigenvalue weighted by Crippen LogP contribution is 2.34. The van der Waals surface area contributed by atoms with Crippen molar-refractivity contribution in [2.45, 2.75) is 6.92 Å². The largest absolute Gasteiger partial charge is 0.0877 e. The molecule has 0 spiro atoms. The smallest absolute Gasteiger partial charge is 0.0157 e. The summed E-state index contributed by atoms with van der Waals surface area (Å²) in [5, 5.41) is 2.76. The fourth-order valence-corrected chi connectivity index (χ4v) is 3.77. The molecule has 0 aliphatic rings. The summed E-state index contributed by atoms with van der Waals surface area (Å²) in [5.74, 6) is 2.31. The minimum atomic E-state index is -0.428. The Kier molecular flexibility index (Phi) is 6.02. The first-order chi connectivity index (χ1) is 9.92. The van der Waals surface area contributed by atoms with Crippen LogP contribution in [-0.2, 0) is 0 Å². The van der Waals surface area contributed by atoms with Crippen LogP contribution in [-0.4, -0.2) is 0 Å². The topological polar surface area (TPSA) is 0 Å². The van der Waals surface area contributed by atoms with E-state index in [1.807, 2.05) is 19.1 Å². The molecule has 100 valence electrons. The van der Waals surface area contributed by atoms with Gasteiger partial charge in [-0.05, 0) is 25.5 Å². The summed E-state index contributed by atoms with van der Waals surface area (Å²) in [6, 6.07) is 21.4. The van der Waals surface area contributed by atoms with Gasteiger partial charge in [0.15, 0.2) is 0 Å². The number of rotatable bonds is 5. The number of benzene rings is 2. The first-order valence-corrected chi connectivity index (χ1v) is 8.18. The van der Waals surface area contributed by atoms with Crippen molar-refractivity contribution < 1.29 is 0 Å². The van der Waals surface area contributed by atoms with E-state index in [1.54, 1.807) is 0 Å². The van der Waals surface area contributed by atoms with Gasteiger partial charge in [0.25, 0.3) is 0 Å². The van der Waals surface area contributed by atoms with E-state index in [0.717, 1.165) is 0 Å². The van der Waals surface area contributed by atoms with Gasteiger partial charge in [0.2, 0.25) is 0 Å². The summed E-state index contributed by atoms with van der Waals surface area (Å²) in [6.07, 6.45) is 10.4. The van der Waals surface area contributed by atoms with Gasteiger partial charge in [-0.2, -0.15) is 0 Å². The van der Waals surface area contributed by atoms with Gasteiger partial charge in [-0.15, -0.1) is 0 Å². The molecule has 0 aliphatic heterocycles. The summed E-state index contributed by atoms with van der Waals surface area (Å²) in [7, 11) is -0.428. The Morgan fingerprint density at radius 2 is 1.15 bits per heavy atom. The van der Waals surface area contributed by atoms with Crippen LogP contribution in [0.2, 0.25) is 0 Å². The SMILES string of the molecule is C\C=C/C=C\C=C\P(c1ccccc1)c1ccccc1. The normalized spacial score (nSPS) is 12.1. The molecule has 1 heteroatoms. The van der Waals surface area contributed by atoms with Crippen molar-refractivity contribution in [2.75, 3.05) is 0 Å². The molecule has 0 aromatic heterocycles. The second-order valence-electron chi connectivity index (χ2n) is 4.29. The molecule has 2 aromatic carbocycles. The molecule has 0 fully saturated rings. The maximum Gasteiger partial charge on any atom is -0.0157 e. The fraction of sp³-hybridized carbons (Fsp3) is 0.0526. The van der Waals surface area contributed by atoms with Crippen LogP contribution in [0, 0.1) is 0 Å². The Balaban J connectivity index is 2.26. The maximum atomic E-state index is 2.31. The molecule has 0 saturated heterocycles. The van der Waals surface area contributed by atoms with E-state index in [4.69, 9.17) is 0 Å². The zero-order valence-corrected chi connectivity index (χ0v) is 12.6. The molecule has 0 atom stereocenters. The number of hydrogen-bond acceptors (Lipinski definition) is 0. The van der Waals surface area contributed by atoms with Crippen molar-refractivity contribution in [3.05, 3.63) is 96.9 Å². The van der Waals surface area contributed by atoms with Gasteiger partial charge in [-0.3, -0.25) is 0 Å². The lowest BCUT2D eigenvalue weighted by Gasteiger charge is -2.13. The van der Waals surface area contributed by atoms with Crippen molar-refractivity contribution in [1.82, 2.24) is 0 Å². The Hall–Kier alpha value is -1.91. The summed E-state index contributed by atoms with van der Waals surface area (Å²) >= 11 is 0. The second kappa shape index (κ2) is 8.30. The van der Waals surface area contributed by atoms with Gasteiger partial charge in [0, 0.05) is 0 Å². The maximum absolute atomic E-state index is 2.31. The molecule has 0 unspecified atom stereocenters. The third kappa shape index (κ3) is 4.33. The minimum absolute atomic E-state index is 0.428. The monoisotopic (exact) mass is 278 g/mol. The molecule has 0 bridgehead atoms. The molecule has 20 heavy (non-hydrogen) atoms. The molecule has 0 heterocycles. The van der Waals surface area contributed by atoms with Gasteiger partial charge in [-0.25, -0.2) is 0 Å². The lowest BCUT2D eigenvalue weighted by atomic mass is 10.4. The summed E-state index contributed by atoms with van der Waals surface area (Å²) < 4.78 is 0. The molecule has 0 saturated carbocycles. The van der Waals surface area contributed by atoms with E-state index in [2.05, 4.69) is 84.7 Å². The lowest BCUT2D eigenvalue weighted by Crippen LogP contribution is -2.09. The summed E-state index contributed by atoms with van der Waals surface area (Å²) in [4.78, 5) is 0. The van der Waals surface area contributed by atoms with Crippen LogP contribution in [0.5, 0.6) is 0 Å². The van der Waals surface area contributed by atoms with E-state index < -0.39 is 7.92 Å². The second-order valence-corrected chi connectivity index (χ2v) is 6.36. The van der Waals surface area contributed by atoms with Gasteiger partial charge >= 0.3 is 0 Å². The van der Waals surface area contributed by atoms with Crippen LogP contribution in [0.25, 0.3) is 0 Å². The molecule has 0 amide bonds. The van der Waals surface area contributed by atoms with E-state index >= 15 is 0 Å². The van der Waals surface area contributed by atoms with Gasteiger partial charge < -0.3 is 0 Å². The van der Waals surface area contributed by atoms with Gasteiger partial charge in [-0.1, -0.05) is 96.9 Å². The third-order valence-corrected chi connectivity index (χ3v) is 5.01. The van der Waals surface area contributed by atoms with E-state index in [-0.39, 0.29) is 0 Å². The molecule has 2 rings (SSSR count). The molecular formula is C19H19P. The first kappa shape index (κ1) is 14.5. The average molecular weight is 278 g/mol. The van der Waals surface area contributed by atoms with Crippen molar-refractivity contribution in [2.24, 2.45) is 0 Å². The van der Waals surface area contributed by atoms with Gasteiger partial charge in [0.1, 0.15) is 0 Å². The van der Waals surface area contributed by atoms with Crippen molar-refractivity contribution in [3.63, 3.8) is 0 Å². The minimum Gasteiger partial charge on any atom is -0.0877 e. The third-order valence-electron chi connectivity index (χ3n) is 2.83. The Morgan fingerprint density at radius 1 is 0.650 bits per heavy atom. The molecule has 0 nitrogen and oxygen atoms in total. The van der Waals surface area contributed by atoms with E-state index in [0.29, 0.717) is 0 Å². The fourth-order valence-electron chi connectivity index (χ4n) is 1.87. The Labute approximate surface area is 122 Å².